The maximum Gasteiger partial charge on any atom is 0.256 e. The number of methoxy groups -OCH3 is 1. The number of carbonyl (C=O) groups excluding carboxylic acids is 1. The molecule has 6 nitrogen and oxygen atoms in total. The van der Waals surface area contributed by atoms with Gasteiger partial charge in [0, 0.05) is 24.2 Å². The fraction of sp³-hybridized carbons (Fsp3) is 0.562. The summed E-state index contributed by atoms with van der Waals surface area (Å²) in [6.07, 6.45) is 2.31. The van der Waals surface area contributed by atoms with Crippen molar-refractivity contribution in [3.05, 3.63) is 27.7 Å². The van der Waals surface area contributed by atoms with E-state index in [2.05, 4.69) is 27.6 Å². The SMILES string of the molecule is COCCS(=O)(=O)Nc1cc(Br)cc2c1C(=O)N(C(C)C1CC1)C2. The van der Waals surface area contributed by atoms with Crippen LogP contribution < -0.4 is 4.72 Å². The second-order valence-corrected chi connectivity index (χ2v) is 9.17. The van der Waals surface area contributed by atoms with Crippen molar-refractivity contribution < 1.29 is 17.9 Å². The van der Waals surface area contributed by atoms with Gasteiger partial charge in [0.15, 0.2) is 0 Å². The highest BCUT2D eigenvalue weighted by molar-refractivity contribution is 9.10. The zero-order valence-electron chi connectivity index (χ0n) is 13.7. The monoisotopic (exact) mass is 416 g/mol. The van der Waals surface area contributed by atoms with E-state index in [0.717, 1.165) is 22.9 Å². The van der Waals surface area contributed by atoms with Gasteiger partial charge in [-0.25, -0.2) is 8.42 Å². The Balaban J connectivity index is 1.90. The van der Waals surface area contributed by atoms with Gasteiger partial charge in [-0.1, -0.05) is 15.9 Å². The molecule has 1 amide bonds. The van der Waals surface area contributed by atoms with Gasteiger partial charge in [-0.05, 0) is 43.4 Å². The summed E-state index contributed by atoms with van der Waals surface area (Å²) in [4.78, 5) is 14.7. The van der Waals surface area contributed by atoms with Crippen LogP contribution in [0.3, 0.4) is 0 Å². The van der Waals surface area contributed by atoms with Gasteiger partial charge in [0.2, 0.25) is 10.0 Å². The van der Waals surface area contributed by atoms with E-state index >= 15 is 0 Å². The molecule has 0 spiro atoms. The number of hydrogen-bond acceptors (Lipinski definition) is 4. The van der Waals surface area contributed by atoms with Gasteiger partial charge >= 0.3 is 0 Å². The molecule has 3 rings (SSSR count). The molecule has 0 saturated heterocycles. The highest BCUT2D eigenvalue weighted by atomic mass is 79.9. The van der Waals surface area contributed by atoms with Crippen LogP contribution in [-0.2, 0) is 21.3 Å². The number of amides is 1. The van der Waals surface area contributed by atoms with Crippen molar-refractivity contribution in [2.75, 3.05) is 24.2 Å². The topological polar surface area (TPSA) is 75.7 Å². The minimum atomic E-state index is -3.57. The van der Waals surface area contributed by atoms with Gasteiger partial charge in [0.05, 0.1) is 23.6 Å². The first-order valence-corrected chi connectivity index (χ1v) is 10.4. The largest absolute Gasteiger partial charge is 0.384 e. The fourth-order valence-electron chi connectivity index (χ4n) is 3.09. The molecule has 1 aliphatic heterocycles. The van der Waals surface area contributed by atoms with E-state index < -0.39 is 10.0 Å². The van der Waals surface area contributed by atoms with Gasteiger partial charge in [-0.15, -0.1) is 0 Å². The number of halogens is 1. The lowest BCUT2D eigenvalue weighted by Gasteiger charge is -2.24. The zero-order chi connectivity index (χ0) is 17.5. The summed E-state index contributed by atoms with van der Waals surface area (Å²) in [5, 5.41) is 0. The van der Waals surface area contributed by atoms with Crippen molar-refractivity contribution in [2.24, 2.45) is 5.92 Å². The smallest absolute Gasteiger partial charge is 0.256 e. The van der Waals surface area contributed by atoms with Gasteiger partial charge < -0.3 is 9.64 Å². The van der Waals surface area contributed by atoms with Gasteiger partial charge in [-0.3, -0.25) is 9.52 Å². The maximum absolute atomic E-state index is 12.9. The first-order valence-electron chi connectivity index (χ1n) is 7.95. The molecule has 8 heteroatoms. The Morgan fingerprint density at radius 2 is 2.12 bits per heavy atom. The summed E-state index contributed by atoms with van der Waals surface area (Å²) in [6.45, 7) is 2.70. The van der Waals surface area contributed by atoms with Crippen LogP contribution in [0.4, 0.5) is 5.69 Å². The van der Waals surface area contributed by atoms with Crippen LogP contribution >= 0.6 is 15.9 Å². The standard InChI is InChI=1S/C16H21BrN2O4S/c1-10(11-3-4-11)19-9-12-7-13(17)8-14(15(12)16(19)20)18-24(21,22)6-5-23-2/h7-8,10-11,18H,3-6,9H2,1-2H3. The lowest BCUT2D eigenvalue weighted by atomic mass is 10.1. The number of sulfonamides is 1. The molecule has 1 unspecified atom stereocenters. The van der Waals surface area contributed by atoms with Gasteiger partial charge in [0.1, 0.15) is 0 Å². The number of fused-ring (bicyclic) bond motifs is 1. The lowest BCUT2D eigenvalue weighted by Crippen LogP contribution is -2.35. The molecule has 1 aromatic carbocycles. The number of nitrogens with one attached hydrogen (secondary N) is 1. The number of benzene rings is 1. The Bertz CT molecular complexity index is 762. The van der Waals surface area contributed by atoms with E-state index in [4.69, 9.17) is 4.74 Å². The summed E-state index contributed by atoms with van der Waals surface area (Å²) in [5.74, 6) is 0.316. The molecule has 132 valence electrons. The van der Waals surface area contributed by atoms with Crippen molar-refractivity contribution >= 4 is 37.5 Å². The quantitative estimate of drug-likeness (QED) is 0.740. The second kappa shape index (κ2) is 6.65. The van der Waals surface area contributed by atoms with Crippen LogP contribution in [0, 0.1) is 5.92 Å². The number of carbonyl (C=O) groups is 1. The summed E-state index contributed by atoms with van der Waals surface area (Å²) in [7, 11) is -2.12. The predicted molar refractivity (Wildman–Crippen MR) is 95.5 cm³/mol. The molecule has 1 aromatic rings. The van der Waals surface area contributed by atoms with Gasteiger partial charge in [-0.2, -0.15) is 0 Å². The van der Waals surface area contributed by atoms with Crippen molar-refractivity contribution in [1.82, 2.24) is 4.90 Å². The highest BCUT2D eigenvalue weighted by Gasteiger charge is 2.40. The molecule has 0 radical (unpaired) electrons. The maximum atomic E-state index is 12.9. The summed E-state index contributed by atoms with van der Waals surface area (Å²) >= 11 is 3.40. The van der Waals surface area contributed by atoms with Crippen LogP contribution in [0.2, 0.25) is 0 Å². The van der Waals surface area contributed by atoms with Crippen molar-refractivity contribution in [3.63, 3.8) is 0 Å². The normalized spacial score (nSPS) is 18.6. The van der Waals surface area contributed by atoms with E-state index in [1.54, 1.807) is 6.07 Å². The van der Waals surface area contributed by atoms with E-state index in [1.165, 1.54) is 7.11 Å². The zero-order valence-corrected chi connectivity index (χ0v) is 16.1. The molecule has 0 aromatic heterocycles. The Morgan fingerprint density at radius 3 is 2.75 bits per heavy atom. The summed E-state index contributed by atoms with van der Waals surface area (Å²) < 4.78 is 32.5. The Labute approximate surface area is 150 Å². The minimum absolute atomic E-state index is 0.0960. The minimum Gasteiger partial charge on any atom is -0.384 e. The third-order valence-electron chi connectivity index (χ3n) is 4.62. The first-order chi connectivity index (χ1) is 11.3. The van der Waals surface area contributed by atoms with Crippen LogP contribution in [0.15, 0.2) is 16.6 Å². The Kier molecular flexibility index (Phi) is 4.90. The third kappa shape index (κ3) is 3.60. The average molecular weight is 417 g/mol. The number of anilines is 1. The van der Waals surface area contributed by atoms with Crippen LogP contribution in [0.25, 0.3) is 0 Å². The highest BCUT2D eigenvalue weighted by Crippen LogP contribution is 2.40. The number of hydrogen-bond donors (Lipinski definition) is 1. The predicted octanol–water partition coefficient (Wildman–Crippen LogP) is 2.59. The van der Waals surface area contributed by atoms with E-state index in [9.17, 15) is 13.2 Å². The Morgan fingerprint density at radius 1 is 1.42 bits per heavy atom. The van der Waals surface area contributed by atoms with Crippen LogP contribution in [0.1, 0.15) is 35.7 Å². The van der Waals surface area contributed by atoms with Crippen LogP contribution in [-0.4, -0.2) is 44.7 Å². The summed E-state index contributed by atoms with van der Waals surface area (Å²) in [6, 6.07) is 3.72. The van der Waals surface area contributed by atoms with Crippen molar-refractivity contribution in [1.29, 1.82) is 0 Å². The van der Waals surface area contributed by atoms with E-state index in [0.29, 0.717) is 23.7 Å². The second-order valence-electron chi connectivity index (χ2n) is 6.41. The molecule has 1 fully saturated rings. The van der Waals surface area contributed by atoms with E-state index in [-0.39, 0.29) is 24.3 Å². The van der Waals surface area contributed by atoms with Crippen molar-refractivity contribution in [3.8, 4) is 0 Å². The number of rotatable bonds is 7. The average Bonchev–Trinajstić information content (AvgIpc) is 3.29. The molecule has 2 aliphatic rings. The van der Waals surface area contributed by atoms with Crippen molar-refractivity contribution in [2.45, 2.75) is 32.4 Å². The molecule has 1 atom stereocenters. The summed E-state index contributed by atoms with van der Waals surface area (Å²) in [5.41, 5.74) is 1.66. The molecule has 1 N–H and O–H groups in total. The lowest BCUT2D eigenvalue weighted by molar-refractivity contribution is 0.0698. The molecule has 0 bridgehead atoms. The van der Waals surface area contributed by atoms with Crippen LogP contribution in [0.5, 0.6) is 0 Å². The van der Waals surface area contributed by atoms with Gasteiger partial charge in [0.25, 0.3) is 5.91 Å². The molecular formula is C16H21BrN2O4S. The molecular weight excluding hydrogens is 396 g/mol. The molecule has 24 heavy (non-hydrogen) atoms. The third-order valence-corrected chi connectivity index (χ3v) is 6.31. The fourth-order valence-corrected chi connectivity index (χ4v) is 4.58. The number of nitrogens with zero attached hydrogens (tertiary/aromatic N) is 1. The Hall–Kier alpha value is -1.12. The first kappa shape index (κ1) is 17.7. The molecule has 1 heterocycles. The molecule has 1 saturated carbocycles. The number of ether oxygens (including phenoxy) is 1. The molecule has 1 aliphatic carbocycles. The van der Waals surface area contributed by atoms with E-state index in [1.807, 2.05) is 11.0 Å².